The fraction of sp³-hybridized carbons (Fsp3) is 0.579. The van der Waals surface area contributed by atoms with Crippen molar-refractivity contribution >= 4 is 17.0 Å². The fourth-order valence-corrected chi connectivity index (χ4v) is 3.98. The maximum atomic E-state index is 5.60. The third-order valence-corrected chi connectivity index (χ3v) is 5.32. The first-order valence-corrected chi connectivity index (χ1v) is 9.98. The first-order valence-electron chi connectivity index (χ1n) is 9.10. The Kier molecular flexibility index (Phi) is 6.07. The number of thiazole rings is 1. The van der Waals surface area contributed by atoms with E-state index in [1.807, 2.05) is 16.8 Å². The summed E-state index contributed by atoms with van der Waals surface area (Å²) in [6.45, 7) is 4.32. The van der Waals surface area contributed by atoms with Gasteiger partial charge in [0, 0.05) is 11.1 Å². The van der Waals surface area contributed by atoms with Crippen LogP contribution in [0.4, 0.5) is 0 Å². The van der Waals surface area contributed by atoms with E-state index in [9.17, 15) is 0 Å². The van der Waals surface area contributed by atoms with Crippen molar-refractivity contribution in [2.75, 3.05) is 0 Å². The zero-order chi connectivity index (χ0) is 16.8. The number of rotatable bonds is 6. The lowest BCUT2D eigenvalue weighted by atomic mass is 9.96. The summed E-state index contributed by atoms with van der Waals surface area (Å²) in [6, 6.07) is 4.35. The molecule has 0 atom stereocenters. The van der Waals surface area contributed by atoms with Crippen LogP contribution in [0.5, 0.6) is 0 Å². The summed E-state index contributed by atoms with van der Waals surface area (Å²) in [5, 5.41) is 6.98. The van der Waals surface area contributed by atoms with Gasteiger partial charge < -0.3 is 4.42 Å². The van der Waals surface area contributed by atoms with Crippen molar-refractivity contribution < 1.29 is 4.42 Å². The maximum absolute atomic E-state index is 5.60. The van der Waals surface area contributed by atoms with Crippen LogP contribution in [-0.2, 0) is 0 Å². The summed E-state index contributed by atoms with van der Waals surface area (Å²) < 4.78 is 7.59. The second-order valence-corrected chi connectivity index (χ2v) is 7.39. The molecular weight excluding hydrogens is 318 g/mol. The third-order valence-electron chi connectivity index (χ3n) is 4.49. The normalized spacial score (nSPS) is 17.6. The van der Waals surface area contributed by atoms with Gasteiger partial charge in [-0.3, -0.25) is 4.99 Å². The lowest BCUT2D eigenvalue weighted by Gasteiger charge is -2.16. The Bertz CT molecular complexity index is 718. The molecule has 24 heavy (non-hydrogen) atoms. The SMILES string of the molecule is CCCCC(C)=Nn1c(-c2ccco2)csc1=NC1CCCCC1. The molecule has 2 aromatic heterocycles. The molecule has 0 N–H and O–H groups in total. The van der Waals surface area contributed by atoms with Gasteiger partial charge in [-0.05, 0) is 44.7 Å². The van der Waals surface area contributed by atoms with Crippen molar-refractivity contribution in [3.05, 3.63) is 28.6 Å². The second kappa shape index (κ2) is 8.47. The number of nitrogens with zero attached hydrogens (tertiary/aromatic N) is 3. The van der Waals surface area contributed by atoms with Crippen LogP contribution < -0.4 is 4.80 Å². The zero-order valence-electron chi connectivity index (χ0n) is 14.7. The highest BCUT2D eigenvalue weighted by molar-refractivity contribution is 7.07. The quantitative estimate of drug-likeness (QED) is 0.641. The molecule has 2 heterocycles. The van der Waals surface area contributed by atoms with Crippen LogP contribution in [0, 0.1) is 0 Å². The maximum Gasteiger partial charge on any atom is 0.206 e. The van der Waals surface area contributed by atoms with Gasteiger partial charge in [-0.2, -0.15) is 5.10 Å². The highest BCUT2D eigenvalue weighted by Crippen LogP contribution is 2.23. The molecule has 130 valence electrons. The van der Waals surface area contributed by atoms with E-state index >= 15 is 0 Å². The Morgan fingerprint density at radius 2 is 2.17 bits per heavy atom. The van der Waals surface area contributed by atoms with Crippen LogP contribution in [-0.4, -0.2) is 16.4 Å². The average molecular weight is 346 g/mol. The Balaban J connectivity index is 1.97. The van der Waals surface area contributed by atoms with Gasteiger partial charge >= 0.3 is 0 Å². The van der Waals surface area contributed by atoms with Crippen molar-refractivity contribution in [1.29, 1.82) is 0 Å². The standard InChI is InChI=1S/C19H27N3OS/c1-3-4-9-15(2)21-22-17(18-12-8-13-23-18)14-24-19(22)20-16-10-6-5-7-11-16/h8,12-14,16H,3-7,9-11H2,1-2H3. The summed E-state index contributed by atoms with van der Waals surface area (Å²) in [5.41, 5.74) is 2.14. The van der Waals surface area contributed by atoms with Crippen molar-refractivity contribution in [2.24, 2.45) is 10.1 Å². The van der Waals surface area contributed by atoms with E-state index < -0.39 is 0 Å². The van der Waals surface area contributed by atoms with E-state index in [1.54, 1.807) is 17.6 Å². The number of unbranched alkanes of at least 4 members (excludes halogenated alkanes) is 1. The molecule has 0 amide bonds. The third kappa shape index (κ3) is 4.26. The molecule has 0 unspecified atom stereocenters. The summed E-state index contributed by atoms with van der Waals surface area (Å²) in [7, 11) is 0. The molecule has 5 heteroatoms. The monoisotopic (exact) mass is 345 g/mol. The average Bonchev–Trinajstić information content (AvgIpc) is 3.25. The largest absolute Gasteiger partial charge is 0.463 e. The van der Waals surface area contributed by atoms with Crippen molar-refractivity contribution in [1.82, 2.24) is 4.68 Å². The minimum absolute atomic E-state index is 0.444. The molecule has 1 aliphatic carbocycles. The molecule has 3 rings (SSSR count). The topological polar surface area (TPSA) is 42.8 Å². The Morgan fingerprint density at radius 1 is 1.33 bits per heavy atom. The smallest absolute Gasteiger partial charge is 0.206 e. The van der Waals surface area contributed by atoms with E-state index in [0.29, 0.717) is 6.04 Å². The first-order chi connectivity index (χ1) is 11.8. The predicted octanol–water partition coefficient (Wildman–Crippen LogP) is 5.46. The fourth-order valence-electron chi connectivity index (χ4n) is 3.10. The Morgan fingerprint density at radius 3 is 2.88 bits per heavy atom. The van der Waals surface area contributed by atoms with E-state index in [4.69, 9.17) is 14.5 Å². The first kappa shape index (κ1) is 17.2. The van der Waals surface area contributed by atoms with Crippen LogP contribution in [0.25, 0.3) is 11.5 Å². The van der Waals surface area contributed by atoms with Gasteiger partial charge in [0.15, 0.2) is 5.76 Å². The van der Waals surface area contributed by atoms with Gasteiger partial charge in [0.05, 0.1) is 12.3 Å². The number of aromatic nitrogens is 1. The molecule has 1 aliphatic rings. The highest BCUT2D eigenvalue weighted by atomic mass is 32.1. The molecule has 2 aromatic rings. The van der Waals surface area contributed by atoms with Crippen LogP contribution in [0.1, 0.15) is 65.2 Å². The van der Waals surface area contributed by atoms with Crippen molar-refractivity contribution in [3.8, 4) is 11.5 Å². The van der Waals surface area contributed by atoms with Crippen molar-refractivity contribution in [3.63, 3.8) is 0 Å². The number of hydrogen-bond acceptors (Lipinski definition) is 4. The Hall–Kier alpha value is -1.62. The molecule has 1 saturated carbocycles. The second-order valence-electron chi connectivity index (χ2n) is 6.55. The van der Waals surface area contributed by atoms with E-state index in [-0.39, 0.29) is 0 Å². The molecule has 0 spiro atoms. The van der Waals surface area contributed by atoms with Crippen LogP contribution >= 0.6 is 11.3 Å². The number of furan rings is 1. The minimum atomic E-state index is 0.444. The van der Waals surface area contributed by atoms with E-state index in [0.717, 1.165) is 28.4 Å². The summed E-state index contributed by atoms with van der Waals surface area (Å²) in [4.78, 5) is 6.00. The van der Waals surface area contributed by atoms with Gasteiger partial charge in [0.1, 0.15) is 5.69 Å². The molecule has 0 bridgehead atoms. The predicted molar refractivity (Wildman–Crippen MR) is 100 cm³/mol. The van der Waals surface area contributed by atoms with Crippen LogP contribution in [0.15, 0.2) is 38.3 Å². The van der Waals surface area contributed by atoms with Gasteiger partial charge in [-0.1, -0.05) is 32.6 Å². The van der Waals surface area contributed by atoms with Gasteiger partial charge in [0.25, 0.3) is 0 Å². The molecular formula is C19H27N3OS. The van der Waals surface area contributed by atoms with Gasteiger partial charge in [-0.15, -0.1) is 11.3 Å². The highest BCUT2D eigenvalue weighted by Gasteiger charge is 2.15. The van der Waals surface area contributed by atoms with Crippen LogP contribution in [0.3, 0.4) is 0 Å². The van der Waals surface area contributed by atoms with Crippen molar-refractivity contribution in [2.45, 2.75) is 71.3 Å². The van der Waals surface area contributed by atoms with Crippen LogP contribution in [0.2, 0.25) is 0 Å². The lowest BCUT2D eigenvalue weighted by molar-refractivity contribution is 0.435. The Labute approximate surface area is 147 Å². The van der Waals surface area contributed by atoms with E-state index in [1.165, 1.54) is 44.9 Å². The van der Waals surface area contributed by atoms with Gasteiger partial charge in [-0.25, -0.2) is 4.68 Å². The molecule has 0 saturated heterocycles. The number of hydrogen-bond donors (Lipinski definition) is 0. The molecule has 0 radical (unpaired) electrons. The lowest BCUT2D eigenvalue weighted by Crippen LogP contribution is -2.19. The molecule has 0 aliphatic heterocycles. The molecule has 1 fully saturated rings. The minimum Gasteiger partial charge on any atom is -0.463 e. The molecule has 0 aromatic carbocycles. The summed E-state index contributed by atoms with van der Waals surface area (Å²) in [5.74, 6) is 0.850. The van der Waals surface area contributed by atoms with E-state index in [2.05, 4.69) is 19.2 Å². The zero-order valence-corrected chi connectivity index (χ0v) is 15.5. The molecule has 4 nitrogen and oxygen atoms in total. The summed E-state index contributed by atoms with van der Waals surface area (Å²) in [6.07, 6.45) is 11.4. The summed E-state index contributed by atoms with van der Waals surface area (Å²) >= 11 is 1.66. The van der Waals surface area contributed by atoms with Gasteiger partial charge in [0.2, 0.25) is 4.80 Å².